The first-order valence-electron chi connectivity index (χ1n) is 10.9. The lowest BCUT2D eigenvalue weighted by atomic mass is 9.95. The number of likely N-dealkylation sites (N-methyl/N-ethyl adjacent to an activating group) is 1. The van der Waals surface area contributed by atoms with Crippen molar-refractivity contribution in [3.63, 3.8) is 0 Å². The van der Waals surface area contributed by atoms with Crippen molar-refractivity contribution in [1.29, 1.82) is 5.26 Å². The monoisotopic (exact) mass is 484 g/mol. The van der Waals surface area contributed by atoms with Gasteiger partial charge in [-0.1, -0.05) is 30.3 Å². The van der Waals surface area contributed by atoms with Gasteiger partial charge in [0.1, 0.15) is 17.6 Å². The van der Waals surface area contributed by atoms with Gasteiger partial charge < -0.3 is 5.32 Å². The molecule has 2 unspecified atom stereocenters. The van der Waals surface area contributed by atoms with Crippen LogP contribution in [0.2, 0.25) is 0 Å². The molecule has 0 aliphatic carbocycles. The maximum absolute atomic E-state index is 13.9. The summed E-state index contributed by atoms with van der Waals surface area (Å²) in [6, 6.07) is 14.3. The average molecular weight is 484 g/mol. The molecular weight excluding hydrogens is 460 g/mol. The van der Waals surface area contributed by atoms with Crippen molar-refractivity contribution >= 4 is 5.91 Å². The smallest absolute Gasteiger partial charge is 0.358 e. The number of carbonyl (C=O) groups excluding carboxylic acids is 1. The molecule has 0 aliphatic heterocycles. The number of alkyl halides is 3. The van der Waals surface area contributed by atoms with Crippen molar-refractivity contribution in [3.05, 3.63) is 100 Å². The van der Waals surface area contributed by atoms with E-state index >= 15 is 0 Å². The Labute approximate surface area is 200 Å². The van der Waals surface area contributed by atoms with Gasteiger partial charge in [0.25, 0.3) is 0 Å². The van der Waals surface area contributed by atoms with Crippen molar-refractivity contribution < 1.29 is 22.4 Å². The van der Waals surface area contributed by atoms with Gasteiger partial charge in [-0.25, -0.2) is 4.39 Å². The molecule has 0 aliphatic rings. The fourth-order valence-electron chi connectivity index (χ4n) is 3.70. The summed E-state index contributed by atoms with van der Waals surface area (Å²) in [4.78, 5) is 16.3. The number of hydrogen-bond acceptors (Lipinski definition) is 4. The normalized spacial score (nSPS) is 13.1. The van der Waals surface area contributed by atoms with Gasteiger partial charge in [0.15, 0.2) is 0 Å². The van der Waals surface area contributed by atoms with E-state index in [1.54, 1.807) is 43.3 Å². The molecule has 1 heterocycles. The molecule has 0 bridgehead atoms. The van der Waals surface area contributed by atoms with E-state index in [-0.39, 0.29) is 11.7 Å². The summed E-state index contributed by atoms with van der Waals surface area (Å²) in [7, 11) is 1.51. The average Bonchev–Trinajstić information content (AvgIpc) is 2.85. The fraction of sp³-hybridized carbons (Fsp3) is 0.269. The van der Waals surface area contributed by atoms with Gasteiger partial charge in [-0.3, -0.25) is 15.1 Å². The molecule has 0 spiro atoms. The second kappa shape index (κ2) is 11.1. The van der Waals surface area contributed by atoms with Crippen LogP contribution >= 0.6 is 0 Å². The Morgan fingerprint density at radius 2 is 1.77 bits per heavy atom. The third-order valence-corrected chi connectivity index (χ3v) is 5.67. The molecule has 1 aromatic heterocycles. The maximum atomic E-state index is 13.9. The molecule has 0 saturated heterocycles. The Kier molecular flexibility index (Phi) is 8.20. The summed E-state index contributed by atoms with van der Waals surface area (Å²) < 4.78 is 52.4. The maximum Gasteiger partial charge on any atom is 0.433 e. The number of aryl methyl sites for hydroxylation is 2. The van der Waals surface area contributed by atoms with Crippen LogP contribution in [0.5, 0.6) is 0 Å². The highest BCUT2D eigenvalue weighted by atomic mass is 19.4. The van der Waals surface area contributed by atoms with Crippen LogP contribution in [0.4, 0.5) is 17.6 Å². The van der Waals surface area contributed by atoms with E-state index in [1.807, 2.05) is 6.07 Å². The molecule has 3 aromatic rings. The summed E-state index contributed by atoms with van der Waals surface area (Å²) in [5.41, 5.74) is 1.86. The number of amides is 1. The Morgan fingerprint density at radius 3 is 2.31 bits per heavy atom. The van der Waals surface area contributed by atoms with Crippen LogP contribution in [0.3, 0.4) is 0 Å². The number of nitrogens with one attached hydrogen (secondary N) is 2. The van der Waals surface area contributed by atoms with Crippen molar-refractivity contribution in [1.82, 2.24) is 15.6 Å². The number of halogens is 4. The molecule has 1 amide bonds. The number of pyridine rings is 1. The van der Waals surface area contributed by atoms with Crippen molar-refractivity contribution in [2.45, 2.75) is 38.0 Å². The zero-order chi connectivity index (χ0) is 25.6. The predicted octanol–water partition coefficient (Wildman–Crippen LogP) is 5.17. The van der Waals surface area contributed by atoms with Gasteiger partial charge in [0, 0.05) is 19.3 Å². The lowest BCUT2D eigenvalue weighted by Gasteiger charge is -2.26. The number of aromatic nitrogens is 1. The highest BCUT2D eigenvalue weighted by Gasteiger charge is 2.32. The molecule has 182 valence electrons. The number of rotatable bonds is 8. The van der Waals surface area contributed by atoms with E-state index in [0.717, 1.165) is 11.6 Å². The summed E-state index contributed by atoms with van der Waals surface area (Å²) in [5, 5.41) is 15.0. The highest BCUT2D eigenvalue weighted by Crippen LogP contribution is 2.29. The summed E-state index contributed by atoms with van der Waals surface area (Å²) >= 11 is 0. The summed E-state index contributed by atoms with van der Waals surface area (Å²) in [6.07, 6.45) is -2.56. The van der Waals surface area contributed by atoms with Crippen LogP contribution in [-0.4, -0.2) is 17.9 Å². The first-order chi connectivity index (χ1) is 16.6. The molecule has 35 heavy (non-hydrogen) atoms. The van der Waals surface area contributed by atoms with Crippen LogP contribution in [0.15, 0.2) is 60.8 Å². The molecule has 0 radical (unpaired) electrons. The molecule has 0 saturated carbocycles. The quantitative estimate of drug-likeness (QED) is 0.433. The molecule has 3 rings (SSSR count). The van der Waals surface area contributed by atoms with E-state index in [1.165, 1.54) is 25.4 Å². The molecule has 9 heteroatoms. The number of nitriles is 1. The number of hydrogen-bond donors (Lipinski definition) is 2. The topological polar surface area (TPSA) is 77.8 Å². The molecule has 5 nitrogen and oxygen atoms in total. The van der Waals surface area contributed by atoms with Gasteiger partial charge in [-0.2, -0.15) is 18.4 Å². The lowest BCUT2D eigenvalue weighted by molar-refractivity contribution is -0.141. The summed E-state index contributed by atoms with van der Waals surface area (Å²) in [6.45, 7) is 1.63. The van der Waals surface area contributed by atoms with Crippen LogP contribution < -0.4 is 10.6 Å². The summed E-state index contributed by atoms with van der Waals surface area (Å²) in [5.74, 6) is -0.677. The second-order valence-electron chi connectivity index (χ2n) is 8.10. The van der Waals surface area contributed by atoms with Crippen LogP contribution in [0.25, 0.3) is 0 Å². The number of nitrogens with zero attached hydrogens (tertiary/aromatic N) is 2. The van der Waals surface area contributed by atoms with Gasteiger partial charge in [-0.15, -0.1) is 0 Å². The standard InChI is InChI=1S/C26H24F4N4O/c1-16-13-20(9-10-21(16)27)22(11-5-18-6-12-23(33-15-18)26(28,29)30)34-24(25(35)32-2)19-7-3-17(14-31)4-8-19/h3-4,6-10,12-13,15,22,24,34H,5,11H2,1-2H3,(H,32,35). The molecule has 2 atom stereocenters. The Morgan fingerprint density at radius 1 is 1.09 bits per heavy atom. The minimum Gasteiger partial charge on any atom is -0.358 e. The Bertz CT molecular complexity index is 1200. The van der Waals surface area contributed by atoms with E-state index in [0.29, 0.717) is 35.1 Å². The molecule has 0 fully saturated rings. The van der Waals surface area contributed by atoms with Gasteiger partial charge >= 0.3 is 6.18 Å². The van der Waals surface area contributed by atoms with E-state index in [2.05, 4.69) is 15.6 Å². The van der Waals surface area contributed by atoms with E-state index in [4.69, 9.17) is 5.26 Å². The van der Waals surface area contributed by atoms with Crippen molar-refractivity contribution in [2.24, 2.45) is 0 Å². The van der Waals surface area contributed by atoms with E-state index in [9.17, 15) is 22.4 Å². The Hall–Kier alpha value is -3.77. The minimum atomic E-state index is -4.52. The molecule has 2 N–H and O–H groups in total. The fourth-order valence-corrected chi connectivity index (χ4v) is 3.70. The minimum absolute atomic E-state index is 0.310. The highest BCUT2D eigenvalue weighted by molar-refractivity contribution is 5.83. The van der Waals surface area contributed by atoms with Crippen LogP contribution in [0, 0.1) is 24.1 Å². The second-order valence-corrected chi connectivity index (χ2v) is 8.10. The molecular formula is C26H24F4N4O. The first-order valence-corrected chi connectivity index (χ1v) is 10.9. The van der Waals surface area contributed by atoms with Crippen LogP contribution in [0.1, 0.15) is 52.0 Å². The third-order valence-electron chi connectivity index (χ3n) is 5.67. The lowest BCUT2D eigenvalue weighted by Crippen LogP contribution is -2.38. The third kappa shape index (κ3) is 6.64. The Balaban J connectivity index is 1.89. The van der Waals surface area contributed by atoms with Gasteiger partial charge in [-0.05, 0) is 66.3 Å². The van der Waals surface area contributed by atoms with Gasteiger partial charge in [0.05, 0.1) is 11.6 Å². The largest absolute Gasteiger partial charge is 0.433 e. The van der Waals surface area contributed by atoms with Gasteiger partial charge in [0.2, 0.25) is 5.91 Å². The molecule has 2 aromatic carbocycles. The number of benzene rings is 2. The zero-order valence-corrected chi connectivity index (χ0v) is 19.2. The van der Waals surface area contributed by atoms with Crippen LogP contribution in [-0.2, 0) is 17.4 Å². The van der Waals surface area contributed by atoms with E-state index < -0.39 is 24.0 Å². The zero-order valence-electron chi connectivity index (χ0n) is 19.2. The first kappa shape index (κ1) is 25.8. The SMILES string of the molecule is CNC(=O)C(NC(CCc1ccc(C(F)(F)F)nc1)c1ccc(F)c(C)c1)c1ccc(C#N)cc1. The number of carbonyl (C=O) groups is 1. The van der Waals surface area contributed by atoms with Crippen molar-refractivity contribution in [3.8, 4) is 6.07 Å². The predicted molar refractivity (Wildman–Crippen MR) is 123 cm³/mol. The van der Waals surface area contributed by atoms with Crippen molar-refractivity contribution in [2.75, 3.05) is 7.05 Å².